The molecule has 0 unspecified atom stereocenters. The minimum atomic E-state index is -0.465. The van der Waals surface area contributed by atoms with E-state index in [1.165, 1.54) is 18.5 Å². The third-order valence-electron chi connectivity index (χ3n) is 4.43. The molecule has 7 nitrogen and oxygen atoms in total. The third-order valence-corrected chi connectivity index (χ3v) is 4.43. The first-order valence-electron chi connectivity index (χ1n) is 7.28. The second-order valence-electron chi connectivity index (χ2n) is 5.65. The fourth-order valence-corrected chi connectivity index (χ4v) is 3.45. The van der Waals surface area contributed by atoms with Crippen molar-refractivity contribution in [1.82, 2.24) is 14.5 Å². The molecule has 0 radical (unpaired) electrons. The Balaban J connectivity index is 2.04. The van der Waals surface area contributed by atoms with Crippen LogP contribution in [0.3, 0.4) is 0 Å². The first kappa shape index (κ1) is 13.7. The summed E-state index contributed by atoms with van der Waals surface area (Å²) in [4.78, 5) is 18.7. The molecular formula is C15H14FN5O2. The number of amides is 1. The van der Waals surface area contributed by atoms with Gasteiger partial charge in [-0.05, 0) is 31.0 Å². The van der Waals surface area contributed by atoms with E-state index in [0.29, 0.717) is 29.2 Å². The Kier molecular flexibility index (Phi) is 2.87. The molecule has 23 heavy (non-hydrogen) atoms. The summed E-state index contributed by atoms with van der Waals surface area (Å²) < 4.78 is 15.4. The molecule has 1 saturated heterocycles. The number of imidazole rings is 1. The number of aromatic nitrogens is 2. The zero-order chi connectivity index (χ0) is 16.1. The van der Waals surface area contributed by atoms with E-state index in [4.69, 9.17) is 10.9 Å². The summed E-state index contributed by atoms with van der Waals surface area (Å²) in [6.45, 7) is 0.584. The summed E-state index contributed by atoms with van der Waals surface area (Å²) in [5, 5.41) is 12.0. The molecule has 4 rings (SSSR count). The molecule has 2 aliphatic rings. The van der Waals surface area contributed by atoms with E-state index >= 15 is 0 Å². The predicted molar refractivity (Wildman–Crippen MR) is 79.0 cm³/mol. The highest BCUT2D eigenvalue weighted by atomic mass is 19.1. The van der Waals surface area contributed by atoms with Gasteiger partial charge >= 0.3 is 0 Å². The van der Waals surface area contributed by atoms with Crippen LogP contribution < -0.4 is 5.73 Å². The summed E-state index contributed by atoms with van der Waals surface area (Å²) in [7, 11) is 0. The standard InChI is InChI=1S/C15H14FN5O2/c16-8-3-4-10-9(6-8)15(22)20-5-1-2-11(20)13-12(14(17)19-23)18-7-21(10)13/h3-4,6-7,11,23H,1-2,5H2,(H2,17,19)/t11-/m0/s1. The summed E-state index contributed by atoms with van der Waals surface area (Å²) in [6.07, 6.45) is 3.11. The van der Waals surface area contributed by atoms with Gasteiger partial charge < -0.3 is 15.8 Å². The van der Waals surface area contributed by atoms with Gasteiger partial charge in [0.15, 0.2) is 5.84 Å². The number of hydrogen-bond donors (Lipinski definition) is 2. The SMILES string of the molecule is NC(=NO)c1ncn2c1[C@@H]1CCCN1C(=O)c1cc(F)ccc1-2. The number of hydrogen-bond acceptors (Lipinski definition) is 4. The quantitative estimate of drug-likeness (QED) is 0.360. The molecule has 3 N–H and O–H groups in total. The zero-order valence-corrected chi connectivity index (χ0v) is 12.1. The van der Waals surface area contributed by atoms with Crippen molar-refractivity contribution >= 4 is 11.7 Å². The summed E-state index contributed by atoms with van der Waals surface area (Å²) >= 11 is 0. The molecule has 1 aromatic carbocycles. The van der Waals surface area contributed by atoms with Crippen LogP contribution in [0.25, 0.3) is 5.69 Å². The topological polar surface area (TPSA) is 96.7 Å². The molecule has 1 amide bonds. The van der Waals surface area contributed by atoms with Crippen LogP contribution in [-0.2, 0) is 0 Å². The Morgan fingerprint density at radius 1 is 1.48 bits per heavy atom. The number of halogens is 1. The second kappa shape index (κ2) is 4.80. The summed E-state index contributed by atoms with van der Waals surface area (Å²) in [5.74, 6) is -0.784. The van der Waals surface area contributed by atoms with Crippen LogP contribution in [0.15, 0.2) is 29.7 Å². The molecule has 2 aliphatic heterocycles. The number of rotatable bonds is 1. The highest BCUT2D eigenvalue weighted by Gasteiger charge is 2.39. The molecule has 0 bridgehead atoms. The van der Waals surface area contributed by atoms with Gasteiger partial charge in [0.25, 0.3) is 5.91 Å². The van der Waals surface area contributed by atoms with Crippen molar-refractivity contribution < 1.29 is 14.4 Å². The lowest BCUT2D eigenvalue weighted by molar-refractivity contribution is 0.0738. The van der Waals surface area contributed by atoms with E-state index in [1.54, 1.807) is 15.5 Å². The van der Waals surface area contributed by atoms with Crippen LogP contribution in [0.5, 0.6) is 0 Å². The van der Waals surface area contributed by atoms with E-state index in [2.05, 4.69) is 10.1 Å². The smallest absolute Gasteiger partial charge is 0.256 e. The molecule has 1 fully saturated rings. The first-order valence-corrected chi connectivity index (χ1v) is 7.28. The Morgan fingerprint density at radius 2 is 2.30 bits per heavy atom. The van der Waals surface area contributed by atoms with Crippen molar-refractivity contribution in [2.45, 2.75) is 18.9 Å². The largest absolute Gasteiger partial charge is 0.409 e. The Morgan fingerprint density at radius 3 is 3.09 bits per heavy atom. The van der Waals surface area contributed by atoms with Gasteiger partial charge in [0.1, 0.15) is 17.8 Å². The molecule has 1 aromatic heterocycles. The van der Waals surface area contributed by atoms with Crippen LogP contribution in [0, 0.1) is 5.82 Å². The van der Waals surface area contributed by atoms with Gasteiger partial charge in [-0.25, -0.2) is 9.37 Å². The van der Waals surface area contributed by atoms with Gasteiger partial charge in [-0.15, -0.1) is 0 Å². The van der Waals surface area contributed by atoms with Crippen LogP contribution in [-0.4, -0.2) is 37.9 Å². The van der Waals surface area contributed by atoms with Crippen LogP contribution >= 0.6 is 0 Å². The fourth-order valence-electron chi connectivity index (χ4n) is 3.45. The second-order valence-corrected chi connectivity index (χ2v) is 5.65. The average Bonchev–Trinajstić information content (AvgIpc) is 3.17. The monoisotopic (exact) mass is 315 g/mol. The molecule has 2 aromatic rings. The van der Waals surface area contributed by atoms with Crippen molar-refractivity contribution in [3.8, 4) is 5.69 Å². The van der Waals surface area contributed by atoms with Crippen molar-refractivity contribution in [3.63, 3.8) is 0 Å². The minimum Gasteiger partial charge on any atom is -0.409 e. The lowest BCUT2D eigenvalue weighted by atomic mass is 10.1. The first-order chi connectivity index (χ1) is 11.1. The number of carbonyl (C=O) groups is 1. The number of nitrogens with two attached hydrogens (primary N) is 1. The lowest BCUT2D eigenvalue weighted by Crippen LogP contribution is -2.30. The number of fused-ring (bicyclic) bond motifs is 5. The molecule has 0 aliphatic carbocycles. The third kappa shape index (κ3) is 1.84. The summed E-state index contributed by atoms with van der Waals surface area (Å²) in [6, 6.07) is 3.86. The number of oxime groups is 1. The maximum absolute atomic E-state index is 13.6. The van der Waals surface area contributed by atoms with E-state index in [-0.39, 0.29) is 17.8 Å². The Bertz CT molecular complexity index is 844. The van der Waals surface area contributed by atoms with E-state index < -0.39 is 5.82 Å². The fraction of sp³-hybridized carbons (Fsp3) is 0.267. The van der Waals surface area contributed by atoms with Crippen LogP contribution in [0.2, 0.25) is 0 Å². The van der Waals surface area contributed by atoms with Crippen molar-refractivity contribution in [1.29, 1.82) is 0 Å². The van der Waals surface area contributed by atoms with Crippen molar-refractivity contribution in [3.05, 3.63) is 47.3 Å². The van der Waals surface area contributed by atoms with Gasteiger partial charge in [0.2, 0.25) is 0 Å². The number of nitrogens with zero attached hydrogens (tertiary/aromatic N) is 4. The van der Waals surface area contributed by atoms with Crippen LogP contribution in [0.4, 0.5) is 4.39 Å². The lowest BCUT2D eigenvalue weighted by Gasteiger charge is -2.22. The maximum Gasteiger partial charge on any atom is 0.256 e. The van der Waals surface area contributed by atoms with E-state index in [9.17, 15) is 9.18 Å². The summed E-state index contributed by atoms with van der Waals surface area (Å²) in [5.41, 5.74) is 7.61. The van der Waals surface area contributed by atoms with E-state index in [0.717, 1.165) is 12.8 Å². The molecule has 3 heterocycles. The molecular weight excluding hydrogens is 301 g/mol. The molecule has 0 spiro atoms. The predicted octanol–water partition coefficient (Wildman–Crippen LogP) is 1.40. The molecule has 0 saturated carbocycles. The molecule has 118 valence electrons. The van der Waals surface area contributed by atoms with Gasteiger partial charge in [-0.1, -0.05) is 5.16 Å². The average molecular weight is 315 g/mol. The highest BCUT2D eigenvalue weighted by molar-refractivity contribution is 6.01. The van der Waals surface area contributed by atoms with Gasteiger partial charge in [-0.3, -0.25) is 9.36 Å². The number of carbonyl (C=O) groups excluding carboxylic acids is 1. The van der Waals surface area contributed by atoms with Gasteiger partial charge in [0, 0.05) is 6.54 Å². The van der Waals surface area contributed by atoms with E-state index in [1.807, 2.05) is 0 Å². The van der Waals surface area contributed by atoms with Crippen molar-refractivity contribution in [2.24, 2.45) is 10.9 Å². The molecule has 8 heteroatoms. The number of benzene rings is 1. The maximum atomic E-state index is 13.6. The zero-order valence-electron chi connectivity index (χ0n) is 12.1. The Labute approximate surface area is 130 Å². The number of amidine groups is 1. The van der Waals surface area contributed by atoms with Crippen LogP contribution in [0.1, 0.15) is 40.6 Å². The van der Waals surface area contributed by atoms with Gasteiger partial charge in [-0.2, -0.15) is 0 Å². The Hall–Kier alpha value is -2.90. The normalized spacial score (nSPS) is 20.0. The van der Waals surface area contributed by atoms with Crippen molar-refractivity contribution in [2.75, 3.05) is 6.54 Å². The highest BCUT2D eigenvalue weighted by Crippen LogP contribution is 2.39. The molecule has 1 atom stereocenters. The van der Waals surface area contributed by atoms with Gasteiger partial charge in [0.05, 0.1) is 23.0 Å². The minimum absolute atomic E-state index is 0.108.